The molecule has 0 fully saturated rings. The molecule has 0 N–H and O–H groups in total. The van der Waals surface area contributed by atoms with Crippen molar-refractivity contribution in [1.82, 2.24) is 0 Å². The molecule has 6 rings (SSSR count). The molecule has 0 aromatic heterocycles. The first-order valence-electron chi connectivity index (χ1n) is 17.6. The van der Waals surface area contributed by atoms with Crippen molar-refractivity contribution >= 4 is 48.3 Å². The normalized spacial score (nSPS) is 16.3. The summed E-state index contributed by atoms with van der Waals surface area (Å²) in [6, 6.07) is 19.8. The van der Waals surface area contributed by atoms with Crippen molar-refractivity contribution < 1.29 is 40.6 Å². The number of sulfone groups is 2. The maximum Gasteiger partial charge on any atom is 0.197 e. The van der Waals surface area contributed by atoms with Crippen LogP contribution in [0.1, 0.15) is 54.7 Å². The number of anilines is 2. The van der Waals surface area contributed by atoms with E-state index in [-0.39, 0.29) is 45.4 Å². The number of hydrogen-bond acceptors (Lipinski definition) is 13. The number of carbonyl (C=O) groups excluding carboxylic acids is 1. The van der Waals surface area contributed by atoms with Crippen LogP contribution in [-0.4, -0.2) is 88.1 Å². The van der Waals surface area contributed by atoms with Crippen molar-refractivity contribution in [2.45, 2.75) is 37.5 Å². The van der Waals surface area contributed by atoms with E-state index < -0.39 is 36.3 Å². The molecule has 0 amide bonds. The van der Waals surface area contributed by atoms with Gasteiger partial charge in [0.05, 0.1) is 74.1 Å². The third-order valence-corrected chi connectivity index (χ3v) is 12.2. The molecule has 2 aliphatic heterocycles. The Labute approximate surface area is 328 Å². The van der Waals surface area contributed by atoms with E-state index in [0.717, 1.165) is 23.6 Å². The molecule has 0 atom stereocenters. The number of ether oxygens (including phenoxy) is 4. The van der Waals surface area contributed by atoms with Crippen LogP contribution in [0.3, 0.4) is 0 Å². The van der Waals surface area contributed by atoms with Gasteiger partial charge < -0.3 is 18.9 Å². The first kappa shape index (κ1) is 40.3. The lowest BCUT2D eigenvalue weighted by atomic mass is 9.84. The Kier molecular flexibility index (Phi) is 10.5. The molecule has 0 bridgehead atoms. The lowest BCUT2D eigenvalue weighted by molar-refractivity contribution is 0.103. The van der Waals surface area contributed by atoms with Gasteiger partial charge in [-0.1, -0.05) is 39.8 Å². The smallest absolute Gasteiger partial charge is 0.197 e. The molecular weight excluding hydrogens is 757 g/mol. The van der Waals surface area contributed by atoms with Crippen LogP contribution in [-0.2, 0) is 19.7 Å². The van der Waals surface area contributed by atoms with E-state index in [1.54, 1.807) is 48.5 Å². The molecule has 0 radical (unpaired) electrons. The first-order valence-corrected chi connectivity index (χ1v) is 21.4. The van der Waals surface area contributed by atoms with E-state index in [0.29, 0.717) is 34.4 Å². The zero-order valence-electron chi connectivity index (χ0n) is 33.1. The predicted molar refractivity (Wildman–Crippen MR) is 217 cm³/mol. The van der Waals surface area contributed by atoms with E-state index in [2.05, 4.69) is 0 Å². The molecule has 4 aromatic carbocycles. The number of hydrazone groups is 2. The molecule has 2 aliphatic rings. The van der Waals surface area contributed by atoms with Crippen LogP contribution in [0.25, 0.3) is 0 Å². The highest BCUT2D eigenvalue weighted by atomic mass is 32.2. The third-order valence-electron chi connectivity index (χ3n) is 9.93. The number of para-hydroxylation sites is 2. The number of methoxy groups -OCH3 is 4. The second kappa shape index (κ2) is 14.6. The van der Waals surface area contributed by atoms with E-state index in [9.17, 15) is 16.8 Å². The van der Waals surface area contributed by atoms with Gasteiger partial charge in [0.15, 0.2) is 48.5 Å². The highest BCUT2D eigenvalue weighted by molar-refractivity contribution is 7.91. The summed E-state index contributed by atoms with van der Waals surface area (Å²) in [5.74, 6) is 1.46. The minimum atomic E-state index is -3.92. The Balaban J connectivity index is 1.54. The van der Waals surface area contributed by atoms with Gasteiger partial charge in [-0.05, 0) is 60.7 Å². The summed E-state index contributed by atoms with van der Waals surface area (Å²) >= 11 is 0. The lowest BCUT2D eigenvalue weighted by Crippen LogP contribution is -2.30. The van der Waals surface area contributed by atoms with Crippen LogP contribution in [0.4, 0.5) is 11.4 Å². The molecule has 15 heteroatoms. The molecule has 4 aromatic rings. The molecule has 296 valence electrons. The molecule has 0 saturated carbocycles. The average molecular weight is 803 g/mol. The van der Waals surface area contributed by atoms with Gasteiger partial charge >= 0.3 is 0 Å². The standard InChI is InChI=1S/C41H46N4O9S2/c1-40(2)23-44(42-38(40)25-17-19-29(51-5)31(21-25)53-7)35-27(13-11-15-33(35)55(9,47)48)37(46)28-14-12-16-34(56(10,49)50)36(28)45-24-41(3,4)39(43-45)26-18-20-30(52-6)32(22-26)54-8/h11-22H,23-24H2,1-10H3. The highest BCUT2D eigenvalue weighted by Crippen LogP contribution is 2.44. The van der Waals surface area contributed by atoms with Crippen LogP contribution in [0.15, 0.2) is 92.8 Å². The summed E-state index contributed by atoms with van der Waals surface area (Å²) in [5, 5.41) is 13.0. The van der Waals surface area contributed by atoms with Gasteiger partial charge in [0.25, 0.3) is 0 Å². The summed E-state index contributed by atoms with van der Waals surface area (Å²) < 4.78 is 75.7. The Morgan fingerprint density at radius 3 is 1.25 bits per heavy atom. The van der Waals surface area contributed by atoms with Crippen LogP contribution >= 0.6 is 0 Å². The fraction of sp³-hybridized carbons (Fsp3) is 0.341. The number of hydrogen-bond donors (Lipinski definition) is 0. The molecule has 0 unspecified atom stereocenters. The van der Waals surface area contributed by atoms with E-state index in [1.807, 2.05) is 39.8 Å². The van der Waals surface area contributed by atoms with Crippen molar-refractivity contribution in [1.29, 1.82) is 0 Å². The fourth-order valence-corrected chi connectivity index (χ4v) is 9.08. The van der Waals surface area contributed by atoms with Gasteiger partial charge in [-0.15, -0.1) is 0 Å². The van der Waals surface area contributed by atoms with E-state index >= 15 is 4.79 Å². The van der Waals surface area contributed by atoms with Gasteiger partial charge in [0.2, 0.25) is 0 Å². The highest BCUT2D eigenvalue weighted by Gasteiger charge is 2.41. The Morgan fingerprint density at radius 2 is 0.929 bits per heavy atom. The van der Waals surface area contributed by atoms with Crippen molar-refractivity contribution in [2.24, 2.45) is 21.0 Å². The Hall–Kier alpha value is -5.41. The number of nitrogens with zero attached hydrogens (tertiary/aromatic N) is 4. The largest absolute Gasteiger partial charge is 0.493 e. The van der Waals surface area contributed by atoms with Crippen molar-refractivity contribution in [3.8, 4) is 23.0 Å². The molecule has 2 heterocycles. The molecule has 0 spiro atoms. The summed E-state index contributed by atoms with van der Waals surface area (Å²) in [4.78, 5) is 14.9. The second-order valence-electron chi connectivity index (χ2n) is 15.1. The summed E-state index contributed by atoms with van der Waals surface area (Å²) in [6.07, 6.45) is 2.15. The average Bonchev–Trinajstić information content (AvgIpc) is 3.66. The number of ketones is 1. The van der Waals surface area contributed by atoms with E-state index in [1.165, 1.54) is 50.6 Å². The Bertz CT molecular complexity index is 2350. The van der Waals surface area contributed by atoms with E-state index in [4.69, 9.17) is 29.2 Å². The SMILES string of the molecule is COc1ccc(C2=NN(c3c(C(=O)c4cccc(S(C)(=O)=O)c4N4CC(C)(C)C(c5ccc(OC)c(OC)c5)=N4)cccc3S(C)(=O)=O)CC2(C)C)cc1OC. The zero-order valence-corrected chi connectivity index (χ0v) is 34.8. The first-order chi connectivity index (χ1) is 26.2. The van der Waals surface area contributed by atoms with Gasteiger partial charge in [0.1, 0.15) is 0 Å². The second-order valence-corrected chi connectivity index (χ2v) is 19.1. The van der Waals surface area contributed by atoms with Gasteiger partial charge in [-0.2, -0.15) is 10.2 Å². The van der Waals surface area contributed by atoms with Crippen molar-refractivity contribution in [2.75, 3.05) is 64.1 Å². The van der Waals surface area contributed by atoms with Gasteiger partial charge in [-0.3, -0.25) is 14.8 Å². The molecular formula is C41H46N4O9S2. The van der Waals surface area contributed by atoms with Crippen molar-refractivity contribution in [3.63, 3.8) is 0 Å². The fourth-order valence-electron chi connectivity index (χ4n) is 7.29. The van der Waals surface area contributed by atoms with Crippen LogP contribution in [0.2, 0.25) is 0 Å². The predicted octanol–water partition coefficient (Wildman–Crippen LogP) is 6.26. The van der Waals surface area contributed by atoms with Crippen LogP contribution in [0.5, 0.6) is 23.0 Å². The minimum absolute atomic E-state index is 0.0236. The summed E-state index contributed by atoms with van der Waals surface area (Å²) in [7, 11) is -1.67. The monoisotopic (exact) mass is 802 g/mol. The number of rotatable bonds is 12. The number of carbonyl (C=O) groups is 1. The molecule has 0 aliphatic carbocycles. The molecule has 13 nitrogen and oxygen atoms in total. The summed E-state index contributed by atoms with van der Waals surface area (Å²) in [5.41, 5.74) is 1.68. The third kappa shape index (κ3) is 7.32. The zero-order chi connectivity index (χ0) is 41.0. The van der Waals surface area contributed by atoms with Gasteiger partial charge in [0, 0.05) is 45.6 Å². The van der Waals surface area contributed by atoms with Crippen LogP contribution < -0.4 is 29.0 Å². The molecule has 0 saturated heterocycles. The summed E-state index contributed by atoms with van der Waals surface area (Å²) in [6.45, 7) is 8.35. The minimum Gasteiger partial charge on any atom is -0.493 e. The number of benzene rings is 4. The topological polar surface area (TPSA) is 153 Å². The quantitative estimate of drug-likeness (QED) is 0.149. The maximum absolute atomic E-state index is 15.1. The molecule has 56 heavy (non-hydrogen) atoms. The maximum atomic E-state index is 15.1. The van der Waals surface area contributed by atoms with Crippen LogP contribution in [0, 0.1) is 10.8 Å². The Morgan fingerprint density at radius 1 is 0.571 bits per heavy atom. The van der Waals surface area contributed by atoms with Gasteiger partial charge in [-0.25, -0.2) is 16.8 Å². The lowest BCUT2D eigenvalue weighted by Gasteiger charge is -2.26. The van der Waals surface area contributed by atoms with Crippen molar-refractivity contribution in [3.05, 3.63) is 95.1 Å².